The van der Waals surface area contributed by atoms with Crippen LogP contribution in [-0.2, 0) is 14.8 Å². The molecule has 0 radical (unpaired) electrons. The molecule has 0 aliphatic carbocycles. The van der Waals surface area contributed by atoms with Crippen molar-refractivity contribution >= 4 is 28.4 Å². The van der Waals surface area contributed by atoms with Gasteiger partial charge in [-0.25, -0.2) is 8.42 Å². The molecular weight excluding hydrogens is 290 g/mol. The lowest BCUT2D eigenvalue weighted by atomic mass is 10.2. The van der Waals surface area contributed by atoms with Gasteiger partial charge < -0.3 is 5.11 Å². The van der Waals surface area contributed by atoms with E-state index < -0.39 is 22.0 Å². The summed E-state index contributed by atoms with van der Waals surface area (Å²) in [6.07, 6.45) is 0.961. The molecule has 1 saturated heterocycles. The first-order valence-corrected chi connectivity index (χ1v) is 7.18. The summed E-state index contributed by atoms with van der Waals surface area (Å²) in [5.74, 6) is -1.08. The highest BCUT2D eigenvalue weighted by Gasteiger charge is 2.39. The maximum atomic E-state index is 12.3. The topological polar surface area (TPSA) is 74.7 Å². The third-order valence-electron chi connectivity index (χ3n) is 3.12. The molecule has 1 heterocycles. The van der Waals surface area contributed by atoms with Crippen LogP contribution >= 0.6 is 12.4 Å². The van der Waals surface area contributed by atoms with E-state index >= 15 is 0 Å². The van der Waals surface area contributed by atoms with Crippen LogP contribution in [0.15, 0.2) is 29.2 Å². The zero-order valence-corrected chi connectivity index (χ0v) is 12.1. The van der Waals surface area contributed by atoms with Crippen molar-refractivity contribution in [3.05, 3.63) is 29.8 Å². The van der Waals surface area contributed by atoms with Crippen LogP contribution in [-0.4, -0.2) is 36.4 Å². The fraction of sp³-hybridized carbons (Fsp3) is 0.417. The largest absolute Gasteiger partial charge is 0.480 e. The average Bonchev–Trinajstić information content (AvgIpc) is 2.79. The fourth-order valence-electron chi connectivity index (χ4n) is 2.12. The predicted molar refractivity (Wildman–Crippen MR) is 73.0 cm³/mol. The molecule has 1 N–H and O–H groups in total. The molecule has 1 fully saturated rings. The van der Waals surface area contributed by atoms with Crippen LogP contribution in [0.25, 0.3) is 0 Å². The van der Waals surface area contributed by atoms with Gasteiger partial charge in [-0.3, -0.25) is 4.79 Å². The summed E-state index contributed by atoms with van der Waals surface area (Å²) in [6.45, 7) is 2.14. The lowest BCUT2D eigenvalue weighted by molar-refractivity contribution is -0.140. The van der Waals surface area contributed by atoms with Crippen molar-refractivity contribution in [2.45, 2.75) is 30.7 Å². The van der Waals surface area contributed by atoms with Crippen molar-refractivity contribution in [2.24, 2.45) is 0 Å². The molecule has 0 aromatic heterocycles. The number of nitrogens with zero attached hydrogens (tertiary/aromatic N) is 1. The fourth-order valence-corrected chi connectivity index (χ4v) is 3.77. The Labute approximate surface area is 118 Å². The Bertz CT molecular complexity index is 556. The van der Waals surface area contributed by atoms with Gasteiger partial charge in [0, 0.05) is 6.54 Å². The Morgan fingerprint density at radius 2 is 1.89 bits per heavy atom. The van der Waals surface area contributed by atoms with Crippen LogP contribution < -0.4 is 0 Å². The molecule has 0 bridgehead atoms. The molecule has 1 aromatic rings. The number of carboxylic acids is 1. The molecule has 0 saturated carbocycles. The first-order chi connectivity index (χ1) is 8.43. The van der Waals surface area contributed by atoms with Crippen LogP contribution in [0, 0.1) is 6.92 Å². The normalized spacial score (nSPS) is 19.9. The second-order valence-corrected chi connectivity index (χ2v) is 6.32. The van der Waals surface area contributed by atoms with Gasteiger partial charge in [-0.15, -0.1) is 12.4 Å². The number of halogens is 1. The monoisotopic (exact) mass is 305 g/mol. The second kappa shape index (κ2) is 5.90. The minimum atomic E-state index is -3.70. The Balaban J connectivity index is 0.00000180. The molecule has 7 heteroatoms. The van der Waals surface area contributed by atoms with Crippen LogP contribution in [0.5, 0.6) is 0 Å². The van der Waals surface area contributed by atoms with Crippen molar-refractivity contribution in [2.75, 3.05) is 6.54 Å². The molecule has 0 spiro atoms. The van der Waals surface area contributed by atoms with E-state index in [0.717, 1.165) is 9.87 Å². The average molecular weight is 306 g/mol. The number of benzene rings is 1. The van der Waals surface area contributed by atoms with Crippen molar-refractivity contribution in [3.63, 3.8) is 0 Å². The molecule has 0 amide bonds. The Morgan fingerprint density at radius 3 is 2.42 bits per heavy atom. The van der Waals surface area contributed by atoms with E-state index in [-0.39, 0.29) is 23.8 Å². The molecule has 2 rings (SSSR count). The van der Waals surface area contributed by atoms with E-state index in [0.29, 0.717) is 12.8 Å². The molecule has 1 aliphatic rings. The summed E-state index contributed by atoms with van der Waals surface area (Å²) in [4.78, 5) is 11.2. The van der Waals surface area contributed by atoms with Gasteiger partial charge in [-0.05, 0) is 31.9 Å². The van der Waals surface area contributed by atoms with Gasteiger partial charge in [-0.2, -0.15) is 4.31 Å². The third kappa shape index (κ3) is 3.08. The minimum Gasteiger partial charge on any atom is -0.480 e. The Kier molecular flexibility index (Phi) is 4.95. The SMILES string of the molecule is Cc1ccc(S(=O)(=O)N2CCC[C@H]2C(=O)O)cc1.Cl. The van der Waals surface area contributed by atoms with Gasteiger partial charge in [0.15, 0.2) is 0 Å². The number of hydrogen-bond donors (Lipinski definition) is 1. The van der Waals surface area contributed by atoms with Crippen molar-refractivity contribution < 1.29 is 18.3 Å². The Hall–Kier alpha value is -1.11. The molecule has 5 nitrogen and oxygen atoms in total. The molecule has 1 atom stereocenters. The summed E-state index contributed by atoms with van der Waals surface area (Å²) in [6, 6.07) is 5.51. The molecular formula is C12H16ClNO4S. The molecule has 1 aliphatic heterocycles. The molecule has 0 unspecified atom stereocenters. The summed E-state index contributed by atoms with van der Waals surface area (Å²) in [5, 5.41) is 9.03. The third-order valence-corrected chi connectivity index (χ3v) is 5.04. The van der Waals surface area contributed by atoms with E-state index in [9.17, 15) is 13.2 Å². The predicted octanol–water partition coefficient (Wildman–Crippen LogP) is 1.65. The molecule has 106 valence electrons. The standard InChI is InChI=1S/C12H15NO4S.ClH/c1-9-4-6-10(7-5-9)18(16,17)13-8-2-3-11(13)12(14)15;/h4-7,11H,2-3,8H2,1H3,(H,14,15);1H/t11-;/m0./s1. The number of carbonyl (C=O) groups is 1. The number of carboxylic acid groups (broad SMARTS) is 1. The summed E-state index contributed by atoms with van der Waals surface area (Å²) in [5.41, 5.74) is 0.963. The van der Waals surface area contributed by atoms with Crippen LogP contribution in [0.2, 0.25) is 0 Å². The van der Waals surface area contributed by atoms with Gasteiger partial charge in [0.2, 0.25) is 10.0 Å². The highest BCUT2D eigenvalue weighted by molar-refractivity contribution is 7.89. The van der Waals surface area contributed by atoms with Gasteiger partial charge in [-0.1, -0.05) is 17.7 Å². The minimum absolute atomic E-state index is 0. The van der Waals surface area contributed by atoms with Gasteiger partial charge in [0.05, 0.1) is 4.90 Å². The first-order valence-electron chi connectivity index (χ1n) is 5.74. The maximum Gasteiger partial charge on any atom is 0.322 e. The van der Waals surface area contributed by atoms with Crippen molar-refractivity contribution in [1.82, 2.24) is 4.31 Å². The van der Waals surface area contributed by atoms with E-state index in [1.54, 1.807) is 12.1 Å². The van der Waals surface area contributed by atoms with E-state index in [2.05, 4.69) is 0 Å². The van der Waals surface area contributed by atoms with Crippen LogP contribution in [0.1, 0.15) is 18.4 Å². The van der Waals surface area contributed by atoms with Gasteiger partial charge in [0.25, 0.3) is 0 Å². The molecule has 19 heavy (non-hydrogen) atoms. The highest BCUT2D eigenvalue weighted by atomic mass is 35.5. The zero-order valence-electron chi connectivity index (χ0n) is 10.4. The number of aryl methyl sites for hydroxylation is 1. The Morgan fingerprint density at radius 1 is 1.32 bits per heavy atom. The number of sulfonamides is 1. The molecule has 1 aromatic carbocycles. The number of aliphatic carboxylic acids is 1. The summed E-state index contributed by atoms with van der Waals surface area (Å²) >= 11 is 0. The number of rotatable bonds is 3. The smallest absolute Gasteiger partial charge is 0.322 e. The maximum absolute atomic E-state index is 12.3. The van der Waals surface area contributed by atoms with E-state index in [4.69, 9.17) is 5.11 Å². The van der Waals surface area contributed by atoms with Crippen LogP contribution in [0.4, 0.5) is 0 Å². The summed E-state index contributed by atoms with van der Waals surface area (Å²) in [7, 11) is -3.70. The van der Waals surface area contributed by atoms with E-state index in [1.807, 2.05) is 6.92 Å². The lowest BCUT2D eigenvalue weighted by Crippen LogP contribution is -2.40. The van der Waals surface area contributed by atoms with Gasteiger partial charge >= 0.3 is 5.97 Å². The highest BCUT2D eigenvalue weighted by Crippen LogP contribution is 2.26. The van der Waals surface area contributed by atoms with Crippen LogP contribution in [0.3, 0.4) is 0 Å². The van der Waals surface area contributed by atoms with E-state index in [1.165, 1.54) is 12.1 Å². The van der Waals surface area contributed by atoms with Gasteiger partial charge in [0.1, 0.15) is 6.04 Å². The number of hydrogen-bond acceptors (Lipinski definition) is 3. The van der Waals surface area contributed by atoms with Crippen molar-refractivity contribution in [1.29, 1.82) is 0 Å². The quantitative estimate of drug-likeness (QED) is 0.921. The first kappa shape index (κ1) is 15.9. The van der Waals surface area contributed by atoms with Crippen molar-refractivity contribution in [3.8, 4) is 0 Å². The lowest BCUT2D eigenvalue weighted by Gasteiger charge is -2.20. The zero-order chi connectivity index (χ0) is 13.3. The second-order valence-electron chi connectivity index (χ2n) is 4.43. The summed E-state index contributed by atoms with van der Waals surface area (Å²) < 4.78 is 25.7.